The molecule has 4 rings (SSSR count). The maximum atomic E-state index is 14.8. The molecule has 2 aliphatic heterocycles. The first-order valence-electron chi connectivity index (χ1n) is 9.35. The quantitative estimate of drug-likeness (QED) is 0.532. The van der Waals surface area contributed by atoms with Crippen LogP contribution in [0.4, 0.5) is 27.6 Å². The van der Waals surface area contributed by atoms with E-state index in [0.717, 1.165) is 24.4 Å². The van der Waals surface area contributed by atoms with E-state index >= 15 is 0 Å². The van der Waals surface area contributed by atoms with Crippen molar-refractivity contribution >= 4 is 70.3 Å². The van der Waals surface area contributed by atoms with E-state index in [1.54, 1.807) is 0 Å². The summed E-state index contributed by atoms with van der Waals surface area (Å²) in [4.78, 5) is 20.2. The molecule has 15 heteroatoms. The van der Waals surface area contributed by atoms with Crippen LogP contribution in [0.1, 0.15) is 28.9 Å². The summed E-state index contributed by atoms with van der Waals surface area (Å²) in [7, 11) is 0. The number of aromatic nitrogens is 1. The lowest BCUT2D eigenvalue weighted by atomic mass is 9.73. The summed E-state index contributed by atoms with van der Waals surface area (Å²) < 4.78 is 73.3. The third kappa shape index (κ3) is 6.53. The van der Waals surface area contributed by atoms with Crippen LogP contribution in [0, 0.1) is 17.6 Å². The number of halogens is 6. The molecule has 1 aromatic carbocycles. The third-order valence-electron chi connectivity index (χ3n) is 5.49. The number of hydrogen-bond donors (Lipinski definition) is 2. The van der Waals surface area contributed by atoms with Gasteiger partial charge in [0.15, 0.2) is 6.10 Å². The fraction of sp³-hybridized carbons (Fsp3) is 0.350. The Labute approximate surface area is 225 Å². The lowest BCUT2D eigenvalue weighted by Gasteiger charge is -2.36. The molecule has 0 aliphatic carbocycles. The van der Waals surface area contributed by atoms with Crippen LogP contribution >= 0.6 is 52.9 Å². The normalized spacial score (nSPS) is 22.7. The SMILES string of the molecule is Cl.NC1=N[C@@]2(c3cc(NC(=O)c4ccc(F)cn4)ccc3F)CO[C@H](C(F)(F)F)[C@H]2CC1.S.S.S. The highest BCUT2D eigenvalue weighted by atomic mass is 35.5. The second-order valence-electron chi connectivity index (χ2n) is 7.46. The lowest BCUT2D eigenvalue weighted by Crippen LogP contribution is -2.45. The van der Waals surface area contributed by atoms with Gasteiger partial charge in [0.25, 0.3) is 5.91 Å². The van der Waals surface area contributed by atoms with Gasteiger partial charge in [-0.3, -0.25) is 9.79 Å². The van der Waals surface area contributed by atoms with Crippen LogP contribution in [-0.2, 0) is 10.3 Å². The summed E-state index contributed by atoms with van der Waals surface area (Å²) >= 11 is 0. The van der Waals surface area contributed by atoms with Crippen molar-refractivity contribution in [1.29, 1.82) is 0 Å². The topological polar surface area (TPSA) is 89.6 Å². The van der Waals surface area contributed by atoms with E-state index < -0.39 is 47.9 Å². The molecule has 35 heavy (non-hydrogen) atoms. The molecule has 1 amide bonds. The molecule has 1 aromatic heterocycles. The van der Waals surface area contributed by atoms with Crippen molar-refractivity contribution in [3.63, 3.8) is 0 Å². The number of rotatable bonds is 3. The first-order valence-corrected chi connectivity index (χ1v) is 9.35. The first kappa shape index (κ1) is 33.3. The van der Waals surface area contributed by atoms with Crippen molar-refractivity contribution in [2.45, 2.75) is 30.7 Å². The molecule has 6 nitrogen and oxygen atoms in total. The summed E-state index contributed by atoms with van der Waals surface area (Å²) in [5.41, 5.74) is 4.00. The molecule has 0 radical (unpaired) electrons. The Morgan fingerprint density at radius 1 is 1.14 bits per heavy atom. The number of nitrogens with two attached hydrogens (primary N) is 1. The number of benzene rings is 1. The zero-order valence-electron chi connectivity index (χ0n) is 17.8. The Bertz CT molecular complexity index is 1060. The van der Waals surface area contributed by atoms with Gasteiger partial charge in [-0.1, -0.05) is 0 Å². The second-order valence-corrected chi connectivity index (χ2v) is 7.46. The number of carbonyl (C=O) groups is 1. The van der Waals surface area contributed by atoms with E-state index in [4.69, 9.17) is 10.5 Å². The molecular formula is C20H24ClF5N4O2S3. The summed E-state index contributed by atoms with van der Waals surface area (Å²) in [5, 5.41) is 2.48. The van der Waals surface area contributed by atoms with E-state index in [2.05, 4.69) is 15.3 Å². The number of ether oxygens (including phenoxy) is 1. The predicted octanol–water partition coefficient (Wildman–Crippen LogP) is 4.30. The van der Waals surface area contributed by atoms with Crippen molar-refractivity contribution in [2.75, 3.05) is 11.9 Å². The fourth-order valence-corrected chi connectivity index (χ4v) is 4.11. The van der Waals surface area contributed by atoms with Gasteiger partial charge in [0.2, 0.25) is 0 Å². The molecule has 0 spiro atoms. The molecule has 196 valence electrons. The smallest absolute Gasteiger partial charge is 0.387 e. The molecule has 1 saturated heterocycles. The Morgan fingerprint density at radius 3 is 2.43 bits per heavy atom. The number of alkyl halides is 3. The number of fused-ring (bicyclic) bond motifs is 1. The Morgan fingerprint density at radius 2 is 1.83 bits per heavy atom. The number of amidine groups is 1. The van der Waals surface area contributed by atoms with Crippen LogP contribution in [0.15, 0.2) is 41.5 Å². The molecule has 1 fully saturated rings. The number of carbonyl (C=O) groups excluding carboxylic acids is 1. The number of hydrogen-bond acceptors (Lipinski definition) is 5. The van der Waals surface area contributed by atoms with Gasteiger partial charge in [0.05, 0.1) is 18.6 Å². The van der Waals surface area contributed by atoms with Gasteiger partial charge in [0.1, 0.15) is 22.9 Å². The number of nitrogens with zero attached hydrogens (tertiary/aromatic N) is 2. The van der Waals surface area contributed by atoms with Crippen molar-refractivity contribution in [1.82, 2.24) is 4.98 Å². The van der Waals surface area contributed by atoms with Gasteiger partial charge in [-0.15, -0.1) is 12.4 Å². The van der Waals surface area contributed by atoms with Crippen molar-refractivity contribution in [3.05, 3.63) is 59.4 Å². The Balaban J connectivity index is 0.00000289. The van der Waals surface area contributed by atoms with Crippen molar-refractivity contribution in [2.24, 2.45) is 16.6 Å². The monoisotopic (exact) mass is 578 g/mol. The third-order valence-corrected chi connectivity index (χ3v) is 5.49. The Hall–Kier alpha value is -1.74. The van der Waals surface area contributed by atoms with E-state index in [1.807, 2.05) is 0 Å². The summed E-state index contributed by atoms with van der Waals surface area (Å²) in [5.74, 6) is -3.19. The minimum atomic E-state index is -4.65. The highest BCUT2D eigenvalue weighted by Gasteiger charge is 2.61. The highest BCUT2D eigenvalue weighted by Crippen LogP contribution is 2.52. The minimum absolute atomic E-state index is 0. The standard InChI is InChI=1S/C20H17F5N4O2.ClH.3H2S/c21-10-1-5-15(27-8-10)18(30)28-11-2-4-14(22)13(7-11)19-9-31-17(20(23,24)25)12(19)3-6-16(26)29-19;;;;/h1-2,4-5,7-8,12,17H,3,6,9H2,(H2,26,29)(H,28,30);1H;3*1H2/t12-,17+,19+;;;;/m1..../s1. The Kier molecular flexibility index (Phi) is 11.9. The van der Waals surface area contributed by atoms with E-state index in [0.29, 0.717) is 0 Å². The van der Waals surface area contributed by atoms with E-state index in [-0.39, 0.29) is 88.5 Å². The molecular weight excluding hydrogens is 555 g/mol. The first-order chi connectivity index (χ1) is 14.6. The number of nitrogens with one attached hydrogen (secondary N) is 1. The molecule has 0 bridgehead atoms. The fourth-order valence-electron chi connectivity index (χ4n) is 4.11. The molecule has 3 atom stereocenters. The van der Waals surface area contributed by atoms with E-state index in [9.17, 15) is 26.7 Å². The predicted molar refractivity (Wildman–Crippen MR) is 139 cm³/mol. The molecule has 0 saturated carbocycles. The molecule has 3 N–H and O–H groups in total. The van der Waals surface area contributed by atoms with Gasteiger partial charge < -0.3 is 15.8 Å². The van der Waals surface area contributed by atoms with Gasteiger partial charge in [-0.25, -0.2) is 13.8 Å². The number of aliphatic imine (C=N–C) groups is 1. The van der Waals surface area contributed by atoms with Gasteiger partial charge in [0, 0.05) is 23.6 Å². The number of anilines is 1. The number of amides is 1. The van der Waals surface area contributed by atoms with Crippen LogP contribution in [0.25, 0.3) is 0 Å². The minimum Gasteiger partial charge on any atom is -0.387 e. The maximum Gasteiger partial charge on any atom is 0.414 e. The van der Waals surface area contributed by atoms with Crippen molar-refractivity contribution < 1.29 is 31.5 Å². The summed E-state index contributed by atoms with van der Waals surface area (Å²) in [6.07, 6.45) is -5.73. The number of pyridine rings is 1. The van der Waals surface area contributed by atoms with Gasteiger partial charge in [-0.05, 0) is 36.8 Å². The largest absolute Gasteiger partial charge is 0.414 e. The van der Waals surface area contributed by atoms with E-state index in [1.165, 1.54) is 12.1 Å². The van der Waals surface area contributed by atoms with Gasteiger partial charge in [-0.2, -0.15) is 53.7 Å². The zero-order chi connectivity index (χ0) is 22.4. The maximum absolute atomic E-state index is 14.8. The summed E-state index contributed by atoms with van der Waals surface area (Å²) in [6.45, 7) is -0.504. The zero-order valence-corrected chi connectivity index (χ0v) is 21.6. The molecule has 2 aliphatic rings. The molecule has 3 heterocycles. The van der Waals surface area contributed by atoms with Crippen LogP contribution in [0.5, 0.6) is 0 Å². The highest BCUT2D eigenvalue weighted by molar-refractivity contribution is 7.59. The lowest BCUT2D eigenvalue weighted by molar-refractivity contribution is -0.217. The van der Waals surface area contributed by atoms with Crippen LogP contribution in [-0.4, -0.2) is 35.6 Å². The van der Waals surface area contributed by atoms with Crippen LogP contribution < -0.4 is 11.1 Å². The average Bonchev–Trinajstić information content (AvgIpc) is 3.09. The van der Waals surface area contributed by atoms with Crippen LogP contribution in [0.3, 0.4) is 0 Å². The average molecular weight is 579 g/mol. The van der Waals surface area contributed by atoms with Crippen LogP contribution in [0.2, 0.25) is 0 Å². The van der Waals surface area contributed by atoms with Crippen molar-refractivity contribution in [3.8, 4) is 0 Å². The summed E-state index contributed by atoms with van der Waals surface area (Å²) in [6, 6.07) is 5.70. The van der Waals surface area contributed by atoms with Gasteiger partial charge >= 0.3 is 6.18 Å². The second kappa shape index (κ2) is 12.5. The molecule has 2 aromatic rings. The molecule has 0 unspecified atom stereocenters.